The van der Waals surface area contributed by atoms with Crippen LogP contribution in [0.2, 0.25) is 0 Å². The van der Waals surface area contributed by atoms with Gasteiger partial charge in [-0.2, -0.15) is 0 Å². The van der Waals surface area contributed by atoms with Gasteiger partial charge in [-0.25, -0.2) is 9.59 Å². The Morgan fingerprint density at radius 3 is 2.23 bits per heavy atom. The van der Waals surface area contributed by atoms with Crippen LogP contribution >= 0.6 is 0 Å². The van der Waals surface area contributed by atoms with Crippen molar-refractivity contribution in [3.8, 4) is 5.75 Å². The summed E-state index contributed by atoms with van der Waals surface area (Å²) >= 11 is 0. The third-order valence-corrected chi connectivity index (χ3v) is 3.72. The normalized spacial score (nSPS) is 9.93. The minimum Gasteiger partial charge on any atom is -0.496 e. The predicted molar refractivity (Wildman–Crippen MR) is 100 cm³/mol. The van der Waals surface area contributed by atoms with Crippen LogP contribution in [-0.2, 0) is 14.3 Å². The van der Waals surface area contributed by atoms with Crippen LogP contribution in [0.4, 0.5) is 5.69 Å². The van der Waals surface area contributed by atoms with Gasteiger partial charge in [0.15, 0.2) is 6.61 Å². The van der Waals surface area contributed by atoms with E-state index in [1.54, 1.807) is 12.1 Å². The van der Waals surface area contributed by atoms with E-state index in [2.05, 4.69) is 4.74 Å². The van der Waals surface area contributed by atoms with E-state index >= 15 is 0 Å². The van der Waals surface area contributed by atoms with E-state index < -0.39 is 41.0 Å². The number of carbonyl (C=O) groups is 4. The van der Waals surface area contributed by atoms with E-state index in [4.69, 9.17) is 9.47 Å². The lowest BCUT2D eigenvalue weighted by molar-refractivity contribution is -0.384. The molecule has 11 nitrogen and oxygen atoms in total. The van der Waals surface area contributed by atoms with Crippen LogP contribution in [0.1, 0.15) is 31.1 Å². The molecule has 0 saturated carbocycles. The lowest BCUT2D eigenvalue weighted by atomic mass is 10.1. The summed E-state index contributed by atoms with van der Waals surface area (Å²) < 4.78 is 14.3. The number of esters is 2. The fraction of sp³-hybridized carbons (Fsp3) is 0.158. The van der Waals surface area contributed by atoms with Crippen molar-refractivity contribution in [2.75, 3.05) is 20.8 Å². The number of non-ortho nitro benzene ring substituents is 1. The Hall–Kier alpha value is -4.28. The zero-order chi connectivity index (χ0) is 22.3. The van der Waals surface area contributed by atoms with Crippen molar-refractivity contribution < 1.29 is 38.3 Å². The van der Waals surface area contributed by atoms with Gasteiger partial charge in [-0.3, -0.25) is 25.0 Å². The van der Waals surface area contributed by atoms with E-state index in [0.29, 0.717) is 0 Å². The SMILES string of the molecule is COC(=O)c1cc(C(=O)OCC(=O)NC(=O)c2ccccc2OC)cc([N+](=O)[O-])c1. The van der Waals surface area contributed by atoms with Gasteiger partial charge in [-0.05, 0) is 18.2 Å². The Kier molecular flexibility index (Phi) is 7.17. The summed E-state index contributed by atoms with van der Waals surface area (Å²) in [5, 5.41) is 13.0. The highest BCUT2D eigenvalue weighted by Gasteiger charge is 2.21. The third-order valence-electron chi connectivity index (χ3n) is 3.72. The number of hydrogen-bond donors (Lipinski definition) is 1. The van der Waals surface area contributed by atoms with Gasteiger partial charge in [-0.1, -0.05) is 12.1 Å². The summed E-state index contributed by atoms with van der Waals surface area (Å²) in [4.78, 5) is 58.1. The molecule has 0 aliphatic carbocycles. The van der Waals surface area contributed by atoms with E-state index in [9.17, 15) is 29.3 Å². The second-order valence-electron chi connectivity index (χ2n) is 5.67. The molecule has 2 amide bonds. The maximum absolute atomic E-state index is 12.2. The van der Waals surface area contributed by atoms with Crippen LogP contribution in [-0.4, -0.2) is 49.5 Å². The minimum atomic E-state index is -1.11. The average molecular weight is 416 g/mol. The summed E-state index contributed by atoms with van der Waals surface area (Å²) in [5.74, 6) is -3.46. The van der Waals surface area contributed by atoms with Gasteiger partial charge >= 0.3 is 11.9 Å². The maximum Gasteiger partial charge on any atom is 0.338 e. The topological polar surface area (TPSA) is 151 Å². The van der Waals surface area contributed by atoms with Crippen molar-refractivity contribution in [2.45, 2.75) is 0 Å². The van der Waals surface area contributed by atoms with Crippen molar-refractivity contribution in [3.05, 3.63) is 69.3 Å². The highest BCUT2D eigenvalue weighted by Crippen LogP contribution is 2.19. The Morgan fingerprint density at radius 2 is 1.63 bits per heavy atom. The Morgan fingerprint density at radius 1 is 1.00 bits per heavy atom. The number of methoxy groups -OCH3 is 2. The number of amides is 2. The van der Waals surface area contributed by atoms with E-state index in [1.165, 1.54) is 19.2 Å². The van der Waals surface area contributed by atoms with Crippen molar-refractivity contribution >= 4 is 29.4 Å². The molecule has 2 aromatic rings. The molecule has 30 heavy (non-hydrogen) atoms. The monoisotopic (exact) mass is 416 g/mol. The number of imide groups is 1. The van der Waals surface area contributed by atoms with Crippen LogP contribution in [0.5, 0.6) is 5.75 Å². The molecule has 1 N–H and O–H groups in total. The van der Waals surface area contributed by atoms with Crippen molar-refractivity contribution in [1.82, 2.24) is 5.32 Å². The Bertz CT molecular complexity index is 1020. The number of carbonyl (C=O) groups excluding carboxylic acids is 4. The summed E-state index contributed by atoms with van der Waals surface area (Å²) in [6.45, 7) is -0.837. The molecule has 0 atom stereocenters. The van der Waals surface area contributed by atoms with Crippen molar-refractivity contribution in [1.29, 1.82) is 0 Å². The van der Waals surface area contributed by atoms with Gasteiger partial charge in [-0.15, -0.1) is 0 Å². The summed E-state index contributed by atoms with van der Waals surface area (Å²) in [6, 6.07) is 9.02. The molecule has 0 heterocycles. The molecule has 0 aliphatic rings. The van der Waals surface area contributed by atoms with Crippen LogP contribution in [0.3, 0.4) is 0 Å². The molecule has 0 fully saturated rings. The zero-order valence-electron chi connectivity index (χ0n) is 15.9. The van der Waals surface area contributed by atoms with Crippen molar-refractivity contribution in [2.24, 2.45) is 0 Å². The Balaban J connectivity index is 2.07. The first kappa shape index (κ1) is 22.0. The largest absolute Gasteiger partial charge is 0.496 e. The molecule has 2 aromatic carbocycles. The van der Waals surface area contributed by atoms with Crippen LogP contribution in [0, 0.1) is 10.1 Å². The maximum atomic E-state index is 12.2. The van der Waals surface area contributed by atoms with Gasteiger partial charge in [0.2, 0.25) is 0 Å². The first-order chi connectivity index (χ1) is 14.3. The molecule has 156 valence electrons. The van der Waals surface area contributed by atoms with Gasteiger partial charge in [0.1, 0.15) is 5.75 Å². The predicted octanol–water partition coefficient (Wildman–Crippen LogP) is 1.50. The number of hydrogen-bond acceptors (Lipinski definition) is 9. The van der Waals surface area contributed by atoms with Gasteiger partial charge in [0, 0.05) is 12.1 Å². The number of nitro groups is 1. The van der Waals surface area contributed by atoms with E-state index in [-0.39, 0.29) is 22.4 Å². The van der Waals surface area contributed by atoms with Crippen LogP contribution < -0.4 is 10.1 Å². The number of ether oxygens (including phenoxy) is 3. The summed E-state index contributed by atoms with van der Waals surface area (Å²) in [7, 11) is 2.43. The van der Waals surface area contributed by atoms with Crippen LogP contribution in [0.15, 0.2) is 42.5 Å². The molecular formula is C19H16N2O9. The first-order valence-corrected chi connectivity index (χ1v) is 8.29. The fourth-order valence-electron chi connectivity index (χ4n) is 2.35. The van der Waals surface area contributed by atoms with Gasteiger partial charge in [0.05, 0.1) is 35.8 Å². The first-order valence-electron chi connectivity index (χ1n) is 8.29. The lowest BCUT2D eigenvalue weighted by Crippen LogP contribution is -2.34. The fourth-order valence-corrected chi connectivity index (χ4v) is 2.35. The average Bonchev–Trinajstić information content (AvgIpc) is 2.76. The minimum absolute atomic E-state index is 0.0982. The Labute approximate surface area is 169 Å². The smallest absolute Gasteiger partial charge is 0.338 e. The molecular weight excluding hydrogens is 400 g/mol. The number of para-hydroxylation sites is 1. The van der Waals surface area contributed by atoms with Crippen LogP contribution in [0.25, 0.3) is 0 Å². The number of rotatable bonds is 7. The molecule has 0 aliphatic heterocycles. The quantitative estimate of drug-likeness (QED) is 0.402. The number of benzene rings is 2. The number of nitro benzene ring substituents is 1. The van der Waals surface area contributed by atoms with E-state index in [1.807, 2.05) is 5.32 Å². The molecule has 0 aromatic heterocycles. The molecule has 0 unspecified atom stereocenters. The van der Waals surface area contributed by atoms with E-state index in [0.717, 1.165) is 25.3 Å². The summed E-state index contributed by atoms with van der Waals surface area (Å²) in [6.07, 6.45) is 0. The molecule has 2 rings (SSSR count). The highest BCUT2D eigenvalue weighted by atomic mass is 16.6. The molecule has 11 heteroatoms. The number of nitrogens with one attached hydrogen (secondary N) is 1. The van der Waals surface area contributed by atoms with Gasteiger partial charge < -0.3 is 14.2 Å². The number of nitrogens with zero attached hydrogens (tertiary/aromatic N) is 1. The lowest BCUT2D eigenvalue weighted by Gasteiger charge is -2.09. The molecule has 0 saturated heterocycles. The van der Waals surface area contributed by atoms with Crippen molar-refractivity contribution in [3.63, 3.8) is 0 Å². The second-order valence-corrected chi connectivity index (χ2v) is 5.67. The summed E-state index contributed by atoms with van der Waals surface area (Å²) in [5.41, 5.74) is -1.02. The third kappa shape index (κ3) is 5.38. The second kappa shape index (κ2) is 9.78. The van der Waals surface area contributed by atoms with Gasteiger partial charge in [0.25, 0.3) is 17.5 Å². The molecule has 0 bridgehead atoms. The standard InChI is InChI=1S/C19H16N2O9/c1-28-15-6-4-3-5-14(15)17(23)20-16(22)10-30-19(25)12-7-11(18(24)29-2)8-13(9-12)21(26)27/h3-9H,10H2,1-2H3,(H,20,22,23). The highest BCUT2D eigenvalue weighted by molar-refractivity contribution is 6.07. The molecule has 0 spiro atoms. The molecule has 0 radical (unpaired) electrons. The zero-order valence-corrected chi connectivity index (χ0v) is 15.9.